The third kappa shape index (κ3) is 6.19. The number of nitrogens with one attached hydrogen (secondary N) is 3. The molecule has 0 saturated heterocycles. The van der Waals surface area contributed by atoms with Crippen LogP contribution in [0.1, 0.15) is 43.9 Å². The zero-order valence-corrected chi connectivity index (χ0v) is 19.2. The third-order valence-electron chi connectivity index (χ3n) is 5.40. The molecule has 0 aliphatic rings. The molecule has 0 radical (unpaired) electrons. The maximum atomic E-state index is 11.9. The number of hydrogen-bond donors (Lipinski definition) is 4. The molecule has 4 N–H and O–H groups in total. The SMILES string of the molecule is CCCCNc1c(Nc2ccc(C[C@@H](C)NCC(O)c3cccc(Cl)c3)cc2)c(=O)c1=O. The lowest BCUT2D eigenvalue weighted by atomic mass is 10.1. The van der Waals surface area contributed by atoms with Crippen LogP contribution >= 0.6 is 11.6 Å². The Hall–Kier alpha value is -2.67. The van der Waals surface area contributed by atoms with Crippen LogP contribution in [-0.2, 0) is 6.42 Å². The number of unbranched alkanes of at least 4 members (excludes halogenated alkanes) is 1. The summed E-state index contributed by atoms with van der Waals surface area (Å²) in [6.07, 6.45) is 2.11. The summed E-state index contributed by atoms with van der Waals surface area (Å²) in [5, 5.41) is 20.4. The molecular formula is C25H30ClN3O3. The van der Waals surface area contributed by atoms with Gasteiger partial charge in [0.1, 0.15) is 11.4 Å². The molecule has 1 unspecified atom stereocenters. The van der Waals surface area contributed by atoms with E-state index in [9.17, 15) is 14.7 Å². The summed E-state index contributed by atoms with van der Waals surface area (Å²) in [5.74, 6) is 0. The maximum absolute atomic E-state index is 11.9. The van der Waals surface area contributed by atoms with Crippen LogP contribution in [-0.4, -0.2) is 24.2 Å². The van der Waals surface area contributed by atoms with Gasteiger partial charge in [-0.15, -0.1) is 0 Å². The predicted molar refractivity (Wildman–Crippen MR) is 132 cm³/mol. The van der Waals surface area contributed by atoms with Crippen LogP contribution in [0.4, 0.5) is 17.1 Å². The molecule has 0 heterocycles. The molecule has 0 fully saturated rings. The zero-order valence-electron chi connectivity index (χ0n) is 18.5. The highest BCUT2D eigenvalue weighted by Gasteiger charge is 2.20. The van der Waals surface area contributed by atoms with Gasteiger partial charge in [-0.3, -0.25) is 9.59 Å². The van der Waals surface area contributed by atoms with Gasteiger partial charge in [0.25, 0.3) is 10.9 Å². The Balaban J connectivity index is 1.51. The average molecular weight is 456 g/mol. The van der Waals surface area contributed by atoms with Crippen LogP contribution < -0.4 is 26.8 Å². The van der Waals surface area contributed by atoms with E-state index in [0.717, 1.165) is 36.1 Å². The van der Waals surface area contributed by atoms with Gasteiger partial charge in [0.05, 0.1) is 6.10 Å². The number of hydrogen-bond acceptors (Lipinski definition) is 6. The van der Waals surface area contributed by atoms with Crippen molar-refractivity contribution in [3.63, 3.8) is 0 Å². The summed E-state index contributed by atoms with van der Waals surface area (Å²) in [6, 6.07) is 15.2. The normalized spacial score (nSPS) is 13.1. The lowest BCUT2D eigenvalue weighted by molar-refractivity contribution is 0.170. The maximum Gasteiger partial charge on any atom is 0.253 e. The van der Waals surface area contributed by atoms with Crippen LogP contribution in [0.25, 0.3) is 0 Å². The minimum Gasteiger partial charge on any atom is -0.387 e. The van der Waals surface area contributed by atoms with Crippen molar-refractivity contribution in [3.8, 4) is 0 Å². The quantitative estimate of drug-likeness (QED) is 0.242. The van der Waals surface area contributed by atoms with Gasteiger partial charge in [0.15, 0.2) is 0 Å². The first kappa shape index (κ1) is 24.0. The summed E-state index contributed by atoms with van der Waals surface area (Å²) >= 11 is 5.99. The third-order valence-corrected chi connectivity index (χ3v) is 5.64. The Morgan fingerprint density at radius 2 is 1.75 bits per heavy atom. The van der Waals surface area contributed by atoms with Gasteiger partial charge in [-0.05, 0) is 55.2 Å². The summed E-state index contributed by atoms with van der Waals surface area (Å²) in [7, 11) is 0. The van der Waals surface area contributed by atoms with Gasteiger partial charge >= 0.3 is 0 Å². The number of halogens is 1. The van der Waals surface area contributed by atoms with Crippen LogP contribution in [0.5, 0.6) is 0 Å². The van der Waals surface area contributed by atoms with Crippen molar-refractivity contribution >= 4 is 28.7 Å². The van der Waals surface area contributed by atoms with Gasteiger partial charge in [0, 0.05) is 29.8 Å². The largest absolute Gasteiger partial charge is 0.387 e. The molecule has 3 rings (SSSR count). The summed E-state index contributed by atoms with van der Waals surface area (Å²) < 4.78 is 0. The Morgan fingerprint density at radius 1 is 1.03 bits per heavy atom. The van der Waals surface area contributed by atoms with E-state index in [4.69, 9.17) is 11.6 Å². The first-order valence-corrected chi connectivity index (χ1v) is 11.4. The van der Waals surface area contributed by atoms with E-state index in [1.54, 1.807) is 12.1 Å². The number of benzene rings is 2. The van der Waals surface area contributed by atoms with E-state index in [2.05, 4.69) is 29.8 Å². The minimum atomic E-state index is -0.626. The lowest BCUT2D eigenvalue weighted by Crippen LogP contribution is -2.36. The van der Waals surface area contributed by atoms with E-state index in [1.165, 1.54) is 0 Å². The molecule has 7 heteroatoms. The molecule has 0 aliphatic heterocycles. The van der Waals surface area contributed by atoms with Gasteiger partial charge < -0.3 is 21.1 Å². The van der Waals surface area contributed by atoms with Gasteiger partial charge in [-0.1, -0.05) is 49.2 Å². The molecule has 2 atom stereocenters. The molecule has 3 aromatic carbocycles. The van der Waals surface area contributed by atoms with Crippen molar-refractivity contribution in [1.82, 2.24) is 5.32 Å². The van der Waals surface area contributed by atoms with E-state index < -0.39 is 17.0 Å². The second-order valence-electron chi connectivity index (χ2n) is 8.09. The zero-order chi connectivity index (χ0) is 23.1. The van der Waals surface area contributed by atoms with Crippen molar-refractivity contribution in [2.75, 3.05) is 23.7 Å². The molecule has 0 bridgehead atoms. The summed E-state index contributed by atoms with van der Waals surface area (Å²) in [4.78, 5) is 23.7. The molecular weight excluding hydrogens is 426 g/mol. The topological polar surface area (TPSA) is 90.5 Å². The fraction of sp³-hybridized carbons (Fsp3) is 0.360. The highest BCUT2D eigenvalue weighted by atomic mass is 35.5. The highest BCUT2D eigenvalue weighted by molar-refractivity contribution is 6.30. The van der Waals surface area contributed by atoms with Crippen molar-refractivity contribution < 1.29 is 5.11 Å². The minimum absolute atomic E-state index is 0.158. The standard InChI is InChI=1S/C25H30ClN3O3/c1-3-4-12-27-22-23(25(32)24(22)31)29-20-10-8-17(9-11-20)13-16(2)28-15-21(30)18-6-5-7-19(26)14-18/h5-11,14,16,21,27-30H,3-4,12-13,15H2,1-2H3/t16-,21?/m1/s1. The molecule has 6 nitrogen and oxygen atoms in total. The molecule has 0 amide bonds. The van der Waals surface area contributed by atoms with Crippen molar-refractivity contribution in [3.05, 3.63) is 85.1 Å². The first-order chi connectivity index (χ1) is 15.4. The molecule has 0 aromatic heterocycles. The monoisotopic (exact) mass is 455 g/mol. The average Bonchev–Trinajstić information content (AvgIpc) is 2.80. The van der Waals surface area contributed by atoms with E-state index >= 15 is 0 Å². The molecule has 0 aliphatic carbocycles. The van der Waals surface area contributed by atoms with E-state index in [0.29, 0.717) is 29.5 Å². The Labute approximate surface area is 193 Å². The second kappa shape index (κ2) is 11.3. The number of anilines is 3. The fourth-order valence-corrected chi connectivity index (χ4v) is 3.71. The summed E-state index contributed by atoms with van der Waals surface area (Å²) in [5.41, 5.74) is 2.45. The molecule has 3 aromatic rings. The van der Waals surface area contributed by atoms with Crippen LogP contribution in [0.3, 0.4) is 0 Å². The molecule has 32 heavy (non-hydrogen) atoms. The van der Waals surface area contributed by atoms with Crippen molar-refractivity contribution in [1.29, 1.82) is 0 Å². The van der Waals surface area contributed by atoms with E-state index in [1.807, 2.05) is 36.4 Å². The first-order valence-electron chi connectivity index (χ1n) is 11.0. The highest BCUT2D eigenvalue weighted by Crippen LogP contribution is 2.22. The van der Waals surface area contributed by atoms with Gasteiger partial charge in [0.2, 0.25) is 0 Å². The predicted octanol–water partition coefficient (Wildman–Crippen LogP) is 4.15. The fourth-order valence-electron chi connectivity index (χ4n) is 3.51. The lowest BCUT2D eigenvalue weighted by Gasteiger charge is -2.18. The number of aliphatic hydroxyl groups is 1. The molecule has 0 spiro atoms. The van der Waals surface area contributed by atoms with Gasteiger partial charge in [-0.2, -0.15) is 0 Å². The van der Waals surface area contributed by atoms with Crippen LogP contribution in [0.2, 0.25) is 5.02 Å². The smallest absolute Gasteiger partial charge is 0.253 e. The molecule has 170 valence electrons. The Bertz CT molecular complexity index is 1090. The van der Waals surface area contributed by atoms with Crippen LogP contribution in [0.15, 0.2) is 58.1 Å². The number of aliphatic hydroxyl groups excluding tert-OH is 1. The van der Waals surface area contributed by atoms with Crippen molar-refractivity contribution in [2.45, 2.75) is 45.3 Å². The second-order valence-corrected chi connectivity index (χ2v) is 8.53. The van der Waals surface area contributed by atoms with Crippen LogP contribution in [0, 0.1) is 0 Å². The number of rotatable bonds is 12. The molecule has 0 saturated carbocycles. The van der Waals surface area contributed by atoms with E-state index in [-0.39, 0.29) is 6.04 Å². The Kier molecular flexibility index (Phi) is 8.45. The Morgan fingerprint density at radius 3 is 2.44 bits per heavy atom. The summed E-state index contributed by atoms with van der Waals surface area (Å²) in [6.45, 7) is 5.24. The van der Waals surface area contributed by atoms with Gasteiger partial charge in [-0.25, -0.2) is 0 Å². The van der Waals surface area contributed by atoms with Crippen molar-refractivity contribution in [2.24, 2.45) is 0 Å².